The summed E-state index contributed by atoms with van der Waals surface area (Å²) in [6, 6.07) is 9.38. The average molecular weight is 489 g/mol. The van der Waals surface area contributed by atoms with Crippen molar-refractivity contribution in [1.29, 1.82) is 0 Å². The molecular weight excluding hydrogens is 453 g/mol. The summed E-state index contributed by atoms with van der Waals surface area (Å²) in [6.07, 6.45) is 3.89. The molecule has 0 saturated heterocycles. The van der Waals surface area contributed by atoms with Crippen LogP contribution in [0, 0.1) is 11.6 Å². The third kappa shape index (κ3) is 5.67. The van der Waals surface area contributed by atoms with E-state index in [-0.39, 0.29) is 30.5 Å². The number of fused-ring (bicyclic) bond motifs is 3. The van der Waals surface area contributed by atoms with Crippen LogP contribution in [-0.4, -0.2) is 46.5 Å². The van der Waals surface area contributed by atoms with Gasteiger partial charge >= 0.3 is 0 Å². The molecule has 4 nitrogen and oxygen atoms in total. The van der Waals surface area contributed by atoms with E-state index in [0.717, 1.165) is 42.1 Å². The lowest BCUT2D eigenvalue weighted by atomic mass is 9.87. The SMILES string of the molecule is C[C@@H]1Cc2c([nH]c3ccccc23)[C@@H](c2c(F)cc(OCCCCCCO)cc2F)N1CC(C)(C)F. The van der Waals surface area contributed by atoms with Gasteiger partial charge in [-0.15, -0.1) is 0 Å². The van der Waals surface area contributed by atoms with Crippen LogP contribution in [0.1, 0.15) is 69.3 Å². The third-order valence-electron chi connectivity index (χ3n) is 6.72. The van der Waals surface area contributed by atoms with Gasteiger partial charge in [0.15, 0.2) is 0 Å². The maximum Gasteiger partial charge on any atom is 0.135 e. The number of halogens is 3. The van der Waals surface area contributed by atoms with Gasteiger partial charge in [0.25, 0.3) is 0 Å². The van der Waals surface area contributed by atoms with Crippen molar-refractivity contribution >= 4 is 10.9 Å². The number of nitrogens with one attached hydrogen (secondary N) is 1. The van der Waals surface area contributed by atoms with Gasteiger partial charge in [0.1, 0.15) is 23.1 Å². The minimum Gasteiger partial charge on any atom is -0.493 e. The number of aliphatic hydroxyl groups excluding tert-OH is 1. The quantitative estimate of drug-likeness (QED) is 0.322. The number of rotatable bonds is 10. The molecule has 3 aromatic rings. The standard InChI is InChI=1S/C28H35F3N2O2/c1-18-14-21-20-10-6-7-11-24(20)32-26(21)27(33(18)17-28(2,3)31)25-22(29)15-19(16-23(25)30)35-13-9-5-4-8-12-34/h6-7,10-11,15-16,18,27,32,34H,4-5,8-9,12-14,17H2,1-3H3/t18-,27-/m1/s1. The molecule has 0 amide bonds. The molecule has 2 atom stereocenters. The normalized spacial score (nSPS) is 18.7. The van der Waals surface area contributed by atoms with Crippen molar-refractivity contribution < 1.29 is 23.0 Å². The fraction of sp³-hybridized carbons (Fsp3) is 0.500. The smallest absolute Gasteiger partial charge is 0.135 e. The Morgan fingerprint density at radius 2 is 1.77 bits per heavy atom. The van der Waals surface area contributed by atoms with E-state index in [2.05, 4.69) is 4.98 Å². The number of nitrogens with zero attached hydrogens (tertiary/aromatic N) is 1. The molecule has 0 saturated carbocycles. The second-order valence-corrected chi connectivity index (χ2v) is 10.2. The van der Waals surface area contributed by atoms with Crippen LogP contribution < -0.4 is 4.74 Å². The summed E-state index contributed by atoms with van der Waals surface area (Å²) in [5, 5.41) is 9.88. The summed E-state index contributed by atoms with van der Waals surface area (Å²) in [5.74, 6) is -1.26. The maximum atomic E-state index is 15.6. The Kier molecular flexibility index (Phi) is 7.77. The minimum atomic E-state index is -1.54. The molecule has 1 aliphatic heterocycles. The Morgan fingerprint density at radius 1 is 1.09 bits per heavy atom. The molecule has 35 heavy (non-hydrogen) atoms. The number of para-hydroxylation sites is 1. The van der Waals surface area contributed by atoms with E-state index in [1.807, 2.05) is 36.1 Å². The molecule has 2 heterocycles. The average Bonchev–Trinajstić information content (AvgIpc) is 3.15. The molecule has 190 valence electrons. The molecule has 0 radical (unpaired) electrons. The molecule has 1 aromatic heterocycles. The summed E-state index contributed by atoms with van der Waals surface area (Å²) in [7, 11) is 0. The first-order valence-electron chi connectivity index (χ1n) is 12.5. The number of aliphatic hydroxyl groups is 1. The first-order valence-corrected chi connectivity index (χ1v) is 12.5. The molecule has 2 aromatic carbocycles. The summed E-state index contributed by atoms with van der Waals surface area (Å²) in [4.78, 5) is 5.24. The zero-order chi connectivity index (χ0) is 25.2. The van der Waals surface area contributed by atoms with Crippen LogP contribution in [0.4, 0.5) is 13.2 Å². The number of H-pyrrole nitrogens is 1. The van der Waals surface area contributed by atoms with Gasteiger partial charge in [-0.1, -0.05) is 24.6 Å². The predicted molar refractivity (Wildman–Crippen MR) is 133 cm³/mol. The monoisotopic (exact) mass is 488 g/mol. The van der Waals surface area contributed by atoms with E-state index in [1.165, 1.54) is 26.0 Å². The van der Waals surface area contributed by atoms with Crippen molar-refractivity contribution in [1.82, 2.24) is 9.88 Å². The van der Waals surface area contributed by atoms with Crippen molar-refractivity contribution in [3.05, 3.63) is 64.9 Å². The molecule has 0 unspecified atom stereocenters. The minimum absolute atomic E-state index is 0.0403. The van der Waals surface area contributed by atoms with Crippen LogP contribution in [0.25, 0.3) is 10.9 Å². The Morgan fingerprint density at radius 3 is 2.46 bits per heavy atom. The van der Waals surface area contributed by atoms with Crippen molar-refractivity contribution in [2.75, 3.05) is 19.8 Å². The second-order valence-electron chi connectivity index (χ2n) is 10.2. The van der Waals surface area contributed by atoms with Crippen LogP contribution in [-0.2, 0) is 6.42 Å². The van der Waals surface area contributed by atoms with Crippen LogP contribution in [0.5, 0.6) is 5.75 Å². The first-order chi connectivity index (χ1) is 16.7. The Balaban J connectivity index is 1.70. The van der Waals surface area contributed by atoms with Gasteiger partial charge in [-0.05, 0) is 58.1 Å². The van der Waals surface area contributed by atoms with E-state index in [9.17, 15) is 4.39 Å². The molecular formula is C28H35F3N2O2. The van der Waals surface area contributed by atoms with E-state index >= 15 is 8.78 Å². The molecule has 0 aliphatic carbocycles. The highest BCUT2D eigenvalue weighted by Gasteiger charge is 2.41. The number of benzene rings is 2. The fourth-order valence-corrected chi connectivity index (χ4v) is 5.16. The number of alkyl halides is 1. The maximum absolute atomic E-state index is 15.6. The number of ether oxygens (including phenoxy) is 1. The van der Waals surface area contributed by atoms with Crippen LogP contribution in [0.15, 0.2) is 36.4 Å². The second kappa shape index (κ2) is 10.6. The lowest BCUT2D eigenvalue weighted by molar-refractivity contribution is 0.0642. The summed E-state index contributed by atoms with van der Waals surface area (Å²) >= 11 is 0. The Labute approximate surface area is 205 Å². The van der Waals surface area contributed by atoms with E-state index in [1.54, 1.807) is 0 Å². The molecule has 0 fully saturated rings. The van der Waals surface area contributed by atoms with Crippen molar-refractivity contribution in [2.45, 2.75) is 70.6 Å². The lowest BCUT2D eigenvalue weighted by Gasteiger charge is -2.43. The zero-order valence-electron chi connectivity index (χ0n) is 20.7. The number of hydrogen-bond donors (Lipinski definition) is 2. The van der Waals surface area contributed by atoms with Crippen molar-refractivity contribution in [2.24, 2.45) is 0 Å². The Hall–Kier alpha value is -2.51. The van der Waals surface area contributed by atoms with Crippen molar-refractivity contribution in [3.63, 3.8) is 0 Å². The highest BCUT2D eigenvalue weighted by molar-refractivity contribution is 5.85. The van der Waals surface area contributed by atoms with Gasteiger partial charge in [-0.2, -0.15) is 0 Å². The Bertz CT molecular complexity index is 1130. The highest BCUT2D eigenvalue weighted by Crippen LogP contribution is 2.43. The van der Waals surface area contributed by atoms with Gasteiger partial charge in [0.2, 0.25) is 0 Å². The van der Waals surface area contributed by atoms with Crippen LogP contribution in [0.2, 0.25) is 0 Å². The largest absolute Gasteiger partial charge is 0.493 e. The fourth-order valence-electron chi connectivity index (χ4n) is 5.16. The summed E-state index contributed by atoms with van der Waals surface area (Å²) < 4.78 is 51.6. The molecule has 7 heteroatoms. The summed E-state index contributed by atoms with van der Waals surface area (Å²) in [5.41, 5.74) is 1.00. The highest BCUT2D eigenvalue weighted by atomic mass is 19.1. The number of aromatic nitrogens is 1. The molecule has 1 aliphatic rings. The molecule has 2 N–H and O–H groups in total. The van der Waals surface area contributed by atoms with E-state index < -0.39 is 23.3 Å². The first kappa shape index (κ1) is 25.6. The zero-order valence-corrected chi connectivity index (χ0v) is 20.7. The number of hydrogen-bond acceptors (Lipinski definition) is 3. The molecule has 4 rings (SSSR count). The van der Waals surface area contributed by atoms with Gasteiger partial charge in [-0.25, -0.2) is 13.2 Å². The van der Waals surface area contributed by atoms with E-state index in [4.69, 9.17) is 9.84 Å². The molecule has 0 spiro atoms. The van der Waals surface area contributed by atoms with E-state index in [0.29, 0.717) is 18.7 Å². The topological polar surface area (TPSA) is 48.5 Å². The van der Waals surface area contributed by atoms with Gasteiger partial charge in [0.05, 0.1) is 12.6 Å². The number of unbranched alkanes of at least 4 members (excludes halogenated alkanes) is 3. The number of aromatic amines is 1. The third-order valence-corrected chi connectivity index (χ3v) is 6.72. The van der Waals surface area contributed by atoms with Gasteiger partial charge in [-0.3, -0.25) is 4.90 Å². The van der Waals surface area contributed by atoms with Crippen LogP contribution in [0.3, 0.4) is 0 Å². The lowest BCUT2D eigenvalue weighted by Crippen LogP contribution is -2.48. The summed E-state index contributed by atoms with van der Waals surface area (Å²) in [6.45, 7) is 5.50. The van der Waals surface area contributed by atoms with Gasteiger partial charge in [0, 0.05) is 53.5 Å². The molecule has 0 bridgehead atoms. The van der Waals surface area contributed by atoms with Gasteiger partial charge < -0.3 is 14.8 Å². The predicted octanol–water partition coefficient (Wildman–Crippen LogP) is 6.46. The van der Waals surface area contributed by atoms with Crippen molar-refractivity contribution in [3.8, 4) is 5.75 Å². The van der Waals surface area contributed by atoms with Crippen LogP contribution >= 0.6 is 0 Å².